The molecule has 0 bridgehead atoms. The van der Waals surface area contributed by atoms with Crippen molar-refractivity contribution in [1.29, 1.82) is 0 Å². The summed E-state index contributed by atoms with van der Waals surface area (Å²) in [5, 5.41) is 11.7. The van der Waals surface area contributed by atoms with Crippen molar-refractivity contribution < 1.29 is 0 Å². The van der Waals surface area contributed by atoms with Gasteiger partial charge in [-0.15, -0.1) is 5.10 Å². The Hall–Kier alpha value is -0.900. The minimum atomic E-state index is 0.736. The fourth-order valence-corrected chi connectivity index (χ4v) is 1.93. The van der Waals surface area contributed by atoms with Crippen LogP contribution < -0.4 is 5.32 Å². The van der Waals surface area contributed by atoms with Gasteiger partial charge in [-0.3, -0.25) is 0 Å². The zero-order valence-electron chi connectivity index (χ0n) is 9.66. The molecule has 1 N–H and O–H groups in total. The number of hydrogen-bond donors (Lipinski definition) is 1. The summed E-state index contributed by atoms with van der Waals surface area (Å²) in [4.78, 5) is 0. The van der Waals surface area contributed by atoms with E-state index in [1.165, 1.54) is 31.4 Å². The van der Waals surface area contributed by atoms with Crippen LogP contribution in [-0.2, 0) is 13.1 Å². The summed E-state index contributed by atoms with van der Waals surface area (Å²) in [7, 11) is 1.96. The lowest BCUT2D eigenvalue weighted by Crippen LogP contribution is -2.09. The second kappa shape index (κ2) is 4.75. The molecule has 84 valence electrons. The third kappa shape index (κ3) is 2.37. The first-order valence-electron chi connectivity index (χ1n) is 5.93. The Morgan fingerprint density at radius 3 is 2.87 bits per heavy atom. The topological polar surface area (TPSA) is 42.7 Å². The summed E-state index contributed by atoms with van der Waals surface area (Å²) in [5.74, 6) is 0.736. The van der Waals surface area contributed by atoms with Crippen molar-refractivity contribution in [2.24, 2.45) is 0 Å². The molecule has 1 aliphatic carbocycles. The Balaban J connectivity index is 2.13. The standard InChI is InChI=1S/C11H20N4/c1-3-4-7-15-11(9-5-6-9)10(8-12-2)13-14-15/h9,12H,3-8H2,1-2H3. The van der Waals surface area contributed by atoms with E-state index in [-0.39, 0.29) is 0 Å². The Morgan fingerprint density at radius 2 is 2.27 bits per heavy atom. The maximum absolute atomic E-state index is 4.27. The Kier molecular flexibility index (Phi) is 3.36. The van der Waals surface area contributed by atoms with Gasteiger partial charge in [0.1, 0.15) is 0 Å². The van der Waals surface area contributed by atoms with E-state index in [1.807, 2.05) is 7.05 Å². The van der Waals surface area contributed by atoms with Gasteiger partial charge < -0.3 is 5.32 Å². The van der Waals surface area contributed by atoms with Crippen LogP contribution in [0.15, 0.2) is 0 Å². The van der Waals surface area contributed by atoms with Crippen LogP contribution in [0.1, 0.15) is 49.9 Å². The number of rotatable bonds is 6. The molecule has 15 heavy (non-hydrogen) atoms. The van der Waals surface area contributed by atoms with Crippen molar-refractivity contribution in [2.45, 2.75) is 51.6 Å². The van der Waals surface area contributed by atoms with Gasteiger partial charge in [0.05, 0.1) is 11.4 Å². The Morgan fingerprint density at radius 1 is 1.47 bits per heavy atom. The van der Waals surface area contributed by atoms with Crippen LogP contribution in [-0.4, -0.2) is 22.0 Å². The molecule has 0 aromatic carbocycles. The molecule has 1 fully saturated rings. The van der Waals surface area contributed by atoms with E-state index in [0.29, 0.717) is 0 Å². The number of unbranched alkanes of at least 4 members (excludes halogenated alkanes) is 1. The molecule has 1 aromatic rings. The molecule has 1 heterocycles. The molecule has 0 amide bonds. The van der Waals surface area contributed by atoms with E-state index in [9.17, 15) is 0 Å². The lowest BCUT2D eigenvalue weighted by Gasteiger charge is -2.05. The van der Waals surface area contributed by atoms with Crippen LogP contribution >= 0.6 is 0 Å². The Bertz CT molecular complexity index is 314. The van der Waals surface area contributed by atoms with Crippen molar-refractivity contribution in [3.05, 3.63) is 11.4 Å². The van der Waals surface area contributed by atoms with Gasteiger partial charge in [0.25, 0.3) is 0 Å². The van der Waals surface area contributed by atoms with Gasteiger partial charge in [-0.2, -0.15) is 0 Å². The lowest BCUT2D eigenvalue weighted by atomic mass is 10.2. The lowest BCUT2D eigenvalue weighted by molar-refractivity contribution is 0.533. The third-order valence-electron chi connectivity index (χ3n) is 2.88. The predicted octanol–water partition coefficient (Wildman–Crippen LogP) is 1.67. The van der Waals surface area contributed by atoms with Crippen molar-refractivity contribution in [2.75, 3.05) is 7.05 Å². The first-order chi connectivity index (χ1) is 7.36. The predicted molar refractivity (Wildman–Crippen MR) is 59.7 cm³/mol. The van der Waals surface area contributed by atoms with Crippen LogP contribution in [0, 0.1) is 0 Å². The monoisotopic (exact) mass is 208 g/mol. The molecule has 1 saturated carbocycles. The van der Waals surface area contributed by atoms with Gasteiger partial charge in [-0.25, -0.2) is 4.68 Å². The molecule has 0 unspecified atom stereocenters. The van der Waals surface area contributed by atoms with Crippen LogP contribution in [0.3, 0.4) is 0 Å². The SMILES string of the molecule is CCCCn1nnc(CNC)c1C1CC1. The van der Waals surface area contributed by atoms with E-state index in [0.717, 1.165) is 24.7 Å². The zero-order chi connectivity index (χ0) is 10.7. The first-order valence-corrected chi connectivity index (χ1v) is 5.93. The molecule has 2 rings (SSSR count). The van der Waals surface area contributed by atoms with Crippen LogP contribution in [0.25, 0.3) is 0 Å². The number of hydrogen-bond acceptors (Lipinski definition) is 3. The maximum Gasteiger partial charge on any atom is 0.0999 e. The molecule has 4 nitrogen and oxygen atoms in total. The summed E-state index contributed by atoms with van der Waals surface area (Å²) in [6.45, 7) is 4.08. The van der Waals surface area contributed by atoms with Crippen LogP contribution in [0.5, 0.6) is 0 Å². The van der Waals surface area contributed by atoms with Gasteiger partial charge in [0, 0.05) is 19.0 Å². The van der Waals surface area contributed by atoms with Crippen LogP contribution in [0.2, 0.25) is 0 Å². The molecule has 1 aliphatic rings. The molecule has 0 aliphatic heterocycles. The van der Waals surface area contributed by atoms with E-state index < -0.39 is 0 Å². The molecule has 0 spiro atoms. The highest BCUT2D eigenvalue weighted by atomic mass is 15.4. The van der Waals surface area contributed by atoms with Gasteiger partial charge in [0.15, 0.2) is 0 Å². The second-order valence-electron chi connectivity index (χ2n) is 4.30. The third-order valence-corrected chi connectivity index (χ3v) is 2.88. The highest BCUT2D eigenvalue weighted by molar-refractivity contribution is 5.20. The van der Waals surface area contributed by atoms with Crippen LogP contribution in [0.4, 0.5) is 0 Å². The summed E-state index contributed by atoms with van der Waals surface area (Å²) in [6.07, 6.45) is 5.04. The van der Waals surface area contributed by atoms with E-state index in [2.05, 4.69) is 27.2 Å². The summed E-state index contributed by atoms with van der Waals surface area (Å²) >= 11 is 0. The quantitative estimate of drug-likeness (QED) is 0.773. The fraction of sp³-hybridized carbons (Fsp3) is 0.818. The summed E-state index contributed by atoms with van der Waals surface area (Å²) in [5.41, 5.74) is 2.54. The Labute approximate surface area is 91.1 Å². The van der Waals surface area contributed by atoms with Crippen molar-refractivity contribution in [3.63, 3.8) is 0 Å². The van der Waals surface area contributed by atoms with Gasteiger partial charge in [0.2, 0.25) is 0 Å². The number of aryl methyl sites for hydroxylation is 1. The van der Waals surface area contributed by atoms with Gasteiger partial charge >= 0.3 is 0 Å². The van der Waals surface area contributed by atoms with Crippen molar-refractivity contribution in [1.82, 2.24) is 20.3 Å². The minimum absolute atomic E-state index is 0.736. The van der Waals surface area contributed by atoms with Gasteiger partial charge in [-0.05, 0) is 26.3 Å². The second-order valence-corrected chi connectivity index (χ2v) is 4.30. The van der Waals surface area contributed by atoms with Crippen molar-refractivity contribution in [3.8, 4) is 0 Å². The smallest absolute Gasteiger partial charge is 0.0999 e. The molecule has 0 radical (unpaired) electrons. The summed E-state index contributed by atoms with van der Waals surface area (Å²) < 4.78 is 2.12. The fourth-order valence-electron chi connectivity index (χ4n) is 1.93. The normalized spacial score (nSPS) is 15.9. The van der Waals surface area contributed by atoms with Gasteiger partial charge in [-0.1, -0.05) is 18.6 Å². The molecule has 0 atom stereocenters. The summed E-state index contributed by atoms with van der Waals surface area (Å²) in [6, 6.07) is 0. The minimum Gasteiger partial charge on any atom is -0.314 e. The largest absolute Gasteiger partial charge is 0.314 e. The molecular formula is C11H20N4. The molecule has 4 heteroatoms. The zero-order valence-corrected chi connectivity index (χ0v) is 9.66. The first kappa shape index (κ1) is 10.6. The number of nitrogens with zero attached hydrogens (tertiary/aromatic N) is 3. The molecule has 1 aromatic heterocycles. The van der Waals surface area contributed by atoms with E-state index >= 15 is 0 Å². The number of nitrogens with one attached hydrogen (secondary N) is 1. The number of aromatic nitrogens is 3. The highest BCUT2D eigenvalue weighted by Crippen LogP contribution is 2.41. The average Bonchev–Trinajstić information content (AvgIpc) is 3.00. The molecular weight excluding hydrogens is 188 g/mol. The van der Waals surface area contributed by atoms with E-state index in [4.69, 9.17) is 0 Å². The van der Waals surface area contributed by atoms with E-state index in [1.54, 1.807) is 0 Å². The highest BCUT2D eigenvalue weighted by Gasteiger charge is 2.30. The van der Waals surface area contributed by atoms with Crippen molar-refractivity contribution >= 4 is 0 Å². The maximum atomic E-state index is 4.27. The molecule has 0 saturated heterocycles. The average molecular weight is 208 g/mol.